The molecule has 1 aliphatic rings. The average molecular weight is 353 g/mol. The van der Waals surface area contributed by atoms with Gasteiger partial charge in [0, 0.05) is 12.0 Å². The number of nitrogens with zero attached hydrogens (tertiary/aromatic N) is 2. The van der Waals surface area contributed by atoms with Crippen molar-refractivity contribution in [3.05, 3.63) is 40.0 Å². The van der Waals surface area contributed by atoms with Gasteiger partial charge in [-0.15, -0.1) is 0 Å². The van der Waals surface area contributed by atoms with E-state index in [4.69, 9.17) is 28.3 Å². The Kier molecular flexibility index (Phi) is 4.54. The zero-order chi connectivity index (χ0) is 16.4. The molecule has 1 saturated carbocycles. The molecule has 3 N–H and O–H groups in total. The number of aliphatic carboxylic acids is 1. The van der Waals surface area contributed by atoms with Crippen LogP contribution < -0.4 is 10.6 Å². The number of rotatable bonds is 6. The van der Waals surface area contributed by atoms with Gasteiger partial charge in [0.1, 0.15) is 12.4 Å². The SMILES string of the molecule is O=C(O)CNc1nc(Nc2c(Cl)cccc2Cl)cc(C2CC2)n1. The summed E-state index contributed by atoms with van der Waals surface area (Å²) in [5.74, 6) is 0.201. The molecule has 8 heteroatoms. The second-order valence-corrected chi connectivity index (χ2v) is 6.06. The largest absolute Gasteiger partial charge is 0.480 e. The molecule has 0 saturated heterocycles. The van der Waals surface area contributed by atoms with Crippen LogP contribution in [0.25, 0.3) is 0 Å². The number of carboxylic acids is 1. The molecule has 0 bridgehead atoms. The van der Waals surface area contributed by atoms with Crippen LogP contribution >= 0.6 is 23.2 Å². The van der Waals surface area contributed by atoms with Gasteiger partial charge in [0.05, 0.1) is 21.4 Å². The van der Waals surface area contributed by atoms with Gasteiger partial charge in [0.15, 0.2) is 0 Å². The number of benzene rings is 1. The fourth-order valence-corrected chi connectivity index (χ4v) is 2.59. The summed E-state index contributed by atoms with van der Waals surface area (Å²) < 4.78 is 0. The van der Waals surface area contributed by atoms with E-state index in [-0.39, 0.29) is 12.5 Å². The fourth-order valence-electron chi connectivity index (χ4n) is 2.10. The molecule has 1 aliphatic carbocycles. The lowest BCUT2D eigenvalue weighted by Crippen LogP contribution is -2.15. The van der Waals surface area contributed by atoms with Gasteiger partial charge in [-0.05, 0) is 25.0 Å². The van der Waals surface area contributed by atoms with E-state index in [0.717, 1.165) is 18.5 Å². The molecule has 0 amide bonds. The third-order valence-corrected chi connectivity index (χ3v) is 3.99. The molecule has 0 unspecified atom stereocenters. The van der Waals surface area contributed by atoms with E-state index in [1.54, 1.807) is 18.2 Å². The molecule has 1 heterocycles. The lowest BCUT2D eigenvalue weighted by molar-refractivity contribution is -0.134. The second kappa shape index (κ2) is 6.60. The number of anilines is 3. The summed E-state index contributed by atoms with van der Waals surface area (Å²) in [4.78, 5) is 19.3. The third-order valence-electron chi connectivity index (χ3n) is 3.36. The van der Waals surface area contributed by atoms with Crippen molar-refractivity contribution in [3.8, 4) is 0 Å². The van der Waals surface area contributed by atoms with Crippen LogP contribution in [-0.2, 0) is 4.79 Å². The van der Waals surface area contributed by atoms with Gasteiger partial charge < -0.3 is 15.7 Å². The van der Waals surface area contributed by atoms with E-state index in [0.29, 0.717) is 27.5 Å². The summed E-state index contributed by atoms with van der Waals surface area (Å²) in [5, 5.41) is 15.5. The molecule has 120 valence electrons. The highest BCUT2D eigenvalue weighted by atomic mass is 35.5. The van der Waals surface area contributed by atoms with Crippen molar-refractivity contribution in [1.82, 2.24) is 9.97 Å². The average Bonchev–Trinajstić information content (AvgIpc) is 3.34. The van der Waals surface area contributed by atoms with Crippen LogP contribution in [0.4, 0.5) is 17.5 Å². The van der Waals surface area contributed by atoms with Gasteiger partial charge in [-0.3, -0.25) is 4.79 Å². The zero-order valence-corrected chi connectivity index (χ0v) is 13.5. The Labute approximate surface area is 142 Å². The number of hydrogen-bond donors (Lipinski definition) is 3. The van der Waals surface area contributed by atoms with Gasteiger partial charge in [0.2, 0.25) is 5.95 Å². The molecule has 1 aromatic carbocycles. The molecular formula is C15H14Cl2N4O2. The molecule has 1 fully saturated rings. The van der Waals surface area contributed by atoms with Crippen molar-refractivity contribution in [3.63, 3.8) is 0 Å². The van der Waals surface area contributed by atoms with Crippen LogP contribution in [0.3, 0.4) is 0 Å². The highest BCUT2D eigenvalue weighted by Gasteiger charge is 2.26. The van der Waals surface area contributed by atoms with Crippen LogP contribution in [0.5, 0.6) is 0 Å². The van der Waals surface area contributed by atoms with Crippen molar-refractivity contribution < 1.29 is 9.90 Å². The van der Waals surface area contributed by atoms with Crippen LogP contribution in [0.2, 0.25) is 10.0 Å². The molecule has 0 atom stereocenters. The lowest BCUT2D eigenvalue weighted by atomic mass is 10.2. The number of halogens is 2. The molecule has 2 aromatic rings. The first-order chi connectivity index (χ1) is 11.0. The Balaban J connectivity index is 1.89. The van der Waals surface area contributed by atoms with E-state index in [1.165, 1.54) is 0 Å². The Hall–Kier alpha value is -2.05. The van der Waals surface area contributed by atoms with E-state index in [2.05, 4.69) is 20.6 Å². The first-order valence-electron chi connectivity index (χ1n) is 7.08. The van der Waals surface area contributed by atoms with Crippen LogP contribution in [0, 0.1) is 0 Å². The number of para-hydroxylation sites is 1. The Bertz CT molecular complexity index is 730. The lowest BCUT2D eigenvalue weighted by Gasteiger charge is -2.12. The predicted octanol–water partition coefficient (Wildman–Crippen LogP) is 3.90. The number of carboxylic acid groups (broad SMARTS) is 1. The molecule has 3 rings (SSSR count). The monoisotopic (exact) mass is 352 g/mol. The molecule has 6 nitrogen and oxygen atoms in total. The quantitative estimate of drug-likeness (QED) is 0.730. The van der Waals surface area contributed by atoms with Crippen molar-refractivity contribution >= 4 is 46.6 Å². The molecule has 0 radical (unpaired) electrons. The van der Waals surface area contributed by atoms with Gasteiger partial charge in [-0.1, -0.05) is 29.3 Å². The number of carbonyl (C=O) groups is 1. The molecule has 23 heavy (non-hydrogen) atoms. The summed E-state index contributed by atoms with van der Waals surface area (Å²) in [6.45, 7) is -0.250. The van der Waals surface area contributed by atoms with Crippen molar-refractivity contribution in [2.75, 3.05) is 17.2 Å². The number of hydrogen-bond acceptors (Lipinski definition) is 5. The van der Waals surface area contributed by atoms with Gasteiger partial charge in [-0.25, -0.2) is 4.98 Å². The predicted molar refractivity (Wildman–Crippen MR) is 89.9 cm³/mol. The minimum atomic E-state index is -0.978. The molecular weight excluding hydrogens is 339 g/mol. The fraction of sp³-hybridized carbons (Fsp3) is 0.267. The van der Waals surface area contributed by atoms with Crippen LogP contribution in [0.1, 0.15) is 24.5 Å². The summed E-state index contributed by atoms with van der Waals surface area (Å²) in [6.07, 6.45) is 2.14. The van der Waals surface area contributed by atoms with Crippen LogP contribution in [0.15, 0.2) is 24.3 Å². The third kappa shape index (κ3) is 4.03. The van der Waals surface area contributed by atoms with Crippen molar-refractivity contribution in [2.45, 2.75) is 18.8 Å². The highest BCUT2D eigenvalue weighted by molar-refractivity contribution is 6.39. The van der Waals surface area contributed by atoms with Crippen LogP contribution in [-0.4, -0.2) is 27.6 Å². The first-order valence-corrected chi connectivity index (χ1v) is 7.84. The topological polar surface area (TPSA) is 87.1 Å². The zero-order valence-electron chi connectivity index (χ0n) is 12.0. The number of nitrogens with one attached hydrogen (secondary N) is 2. The second-order valence-electron chi connectivity index (χ2n) is 5.24. The normalized spacial score (nSPS) is 13.7. The summed E-state index contributed by atoms with van der Waals surface area (Å²) in [7, 11) is 0. The van der Waals surface area contributed by atoms with E-state index in [1.807, 2.05) is 6.07 Å². The number of aromatic nitrogens is 2. The van der Waals surface area contributed by atoms with Crippen molar-refractivity contribution in [2.24, 2.45) is 0 Å². The molecule has 0 aliphatic heterocycles. The maximum absolute atomic E-state index is 10.7. The van der Waals surface area contributed by atoms with Gasteiger partial charge in [-0.2, -0.15) is 4.98 Å². The van der Waals surface area contributed by atoms with E-state index in [9.17, 15) is 4.79 Å². The highest BCUT2D eigenvalue weighted by Crippen LogP contribution is 2.40. The summed E-state index contributed by atoms with van der Waals surface area (Å²) >= 11 is 12.3. The minimum Gasteiger partial charge on any atom is -0.480 e. The molecule has 1 aromatic heterocycles. The minimum absolute atomic E-state index is 0.250. The van der Waals surface area contributed by atoms with Gasteiger partial charge >= 0.3 is 5.97 Å². The molecule has 0 spiro atoms. The maximum Gasteiger partial charge on any atom is 0.322 e. The Morgan fingerprint density at radius 2 is 1.96 bits per heavy atom. The maximum atomic E-state index is 10.7. The van der Waals surface area contributed by atoms with Crippen molar-refractivity contribution in [1.29, 1.82) is 0 Å². The summed E-state index contributed by atoms with van der Waals surface area (Å²) in [6, 6.07) is 7.04. The van der Waals surface area contributed by atoms with E-state index >= 15 is 0 Å². The smallest absolute Gasteiger partial charge is 0.322 e. The first kappa shape index (κ1) is 15.8. The van der Waals surface area contributed by atoms with Gasteiger partial charge in [0.25, 0.3) is 0 Å². The van der Waals surface area contributed by atoms with E-state index < -0.39 is 5.97 Å². The Morgan fingerprint density at radius 3 is 2.57 bits per heavy atom. The Morgan fingerprint density at radius 1 is 1.26 bits per heavy atom. The summed E-state index contributed by atoms with van der Waals surface area (Å²) in [5.41, 5.74) is 1.43. The standard InChI is InChI=1S/C15H14Cl2N4O2/c16-9-2-1-3-10(17)14(9)20-12-6-11(8-4-5-8)19-15(21-12)18-7-13(22)23/h1-3,6,8H,4-5,7H2,(H,22,23)(H2,18,19,20,21).